The average molecular weight is 442 g/mol. The predicted octanol–water partition coefficient (Wildman–Crippen LogP) is 4.93. The number of aryl methyl sites for hydroxylation is 2. The lowest BCUT2D eigenvalue weighted by molar-refractivity contribution is -0.121. The van der Waals surface area contributed by atoms with Gasteiger partial charge in [0.05, 0.1) is 25.0 Å². The number of hydrogen-bond donors (Lipinski definition) is 1. The Balaban J connectivity index is 1.41. The molecule has 0 atom stereocenters. The van der Waals surface area contributed by atoms with Gasteiger partial charge >= 0.3 is 0 Å². The van der Waals surface area contributed by atoms with E-state index in [9.17, 15) is 4.79 Å². The Morgan fingerprint density at radius 2 is 1.82 bits per heavy atom. The van der Waals surface area contributed by atoms with Crippen LogP contribution < -0.4 is 14.9 Å². The summed E-state index contributed by atoms with van der Waals surface area (Å²) in [4.78, 5) is 12.0. The average Bonchev–Trinajstić information content (AvgIpc) is 2.84. The maximum Gasteiger partial charge on any atom is 0.240 e. The summed E-state index contributed by atoms with van der Waals surface area (Å²) < 4.78 is 11.0. The maximum absolute atomic E-state index is 12.0. The Hall–Kier alpha value is -4.11. The second-order valence-corrected chi connectivity index (χ2v) is 7.57. The zero-order valence-electron chi connectivity index (χ0n) is 18.9. The van der Waals surface area contributed by atoms with Gasteiger partial charge in [0.1, 0.15) is 18.1 Å². The number of methoxy groups -OCH3 is 1. The summed E-state index contributed by atoms with van der Waals surface area (Å²) in [5, 5.41) is 13.2. The van der Waals surface area contributed by atoms with E-state index in [4.69, 9.17) is 14.7 Å². The first-order valence-corrected chi connectivity index (χ1v) is 10.8. The fourth-order valence-corrected chi connectivity index (χ4v) is 3.32. The highest BCUT2D eigenvalue weighted by Crippen LogP contribution is 2.18. The summed E-state index contributed by atoms with van der Waals surface area (Å²) in [7, 11) is 1.65. The van der Waals surface area contributed by atoms with E-state index in [2.05, 4.69) is 16.6 Å². The number of carbonyl (C=O) groups excluding carboxylic acids is 1. The van der Waals surface area contributed by atoms with E-state index in [0.717, 1.165) is 35.3 Å². The van der Waals surface area contributed by atoms with Crippen LogP contribution in [0.25, 0.3) is 0 Å². The van der Waals surface area contributed by atoms with Gasteiger partial charge in [-0.25, -0.2) is 5.43 Å². The molecule has 0 aliphatic rings. The molecule has 1 amide bonds. The van der Waals surface area contributed by atoms with E-state index in [0.29, 0.717) is 24.3 Å². The minimum absolute atomic E-state index is 0.117. The molecule has 6 nitrogen and oxygen atoms in total. The van der Waals surface area contributed by atoms with Gasteiger partial charge in [-0.15, -0.1) is 0 Å². The molecule has 0 fully saturated rings. The molecule has 0 radical (unpaired) electrons. The molecular formula is C27H27N3O3. The van der Waals surface area contributed by atoms with Gasteiger partial charge < -0.3 is 9.47 Å². The van der Waals surface area contributed by atoms with Crippen LogP contribution in [-0.4, -0.2) is 19.2 Å². The molecule has 33 heavy (non-hydrogen) atoms. The minimum atomic E-state index is -0.117. The predicted molar refractivity (Wildman–Crippen MR) is 128 cm³/mol. The van der Waals surface area contributed by atoms with Crippen molar-refractivity contribution in [3.63, 3.8) is 0 Å². The second-order valence-electron chi connectivity index (χ2n) is 7.57. The van der Waals surface area contributed by atoms with Crippen LogP contribution in [0.1, 0.15) is 40.7 Å². The summed E-state index contributed by atoms with van der Waals surface area (Å²) in [6.45, 7) is 2.37. The van der Waals surface area contributed by atoms with Crippen LogP contribution >= 0.6 is 0 Å². The standard InChI is InChI=1S/C27H27N3O3/c1-20-16-26(32-2)15-12-22(20)8-5-9-27(31)30-29-18-21-10-13-25(14-11-21)33-19-24-7-4-3-6-23(24)17-28/h3-4,6-7,10-16,18H,5,8-9,19H2,1-2H3,(H,30,31)/b29-18+. The first-order chi connectivity index (χ1) is 16.1. The lowest BCUT2D eigenvalue weighted by atomic mass is 10.0. The van der Waals surface area contributed by atoms with E-state index in [1.165, 1.54) is 5.56 Å². The zero-order valence-corrected chi connectivity index (χ0v) is 18.9. The van der Waals surface area contributed by atoms with Crippen molar-refractivity contribution in [2.75, 3.05) is 7.11 Å². The van der Waals surface area contributed by atoms with Gasteiger partial charge in [-0.1, -0.05) is 24.3 Å². The molecule has 0 unspecified atom stereocenters. The Kier molecular flexibility index (Phi) is 8.61. The summed E-state index contributed by atoms with van der Waals surface area (Å²) in [6.07, 6.45) is 3.57. The normalized spacial score (nSPS) is 10.6. The number of ether oxygens (including phenoxy) is 2. The molecule has 0 saturated heterocycles. The first-order valence-electron chi connectivity index (χ1n) is 10.8. The molecule has 0 aromatic heterocycles. The third-order valence-electron chi connectivity index (χ3n) is 5.21. The fraction of sp³-hybridized carbons (Fsp3) is 0.222. The molecule has 0 saturated carbocycles. The van der Waals surface area contributed by atoms with Crippen LogP contribution in [0, 0.1) is 18.3 Å². The monoisotopic (exact) mass is 441 g/mol. The lowest BCUT2D eigenvalue weighted by Gasteiger charge is -2.08. The van der Waals surface area contributed by atoms with Gasteiger partial charge in [-0.2, -0.15) is 10.4 Å². The number of nitriles is 1. The van der Waals surface area contributed by atoms with Crippen LogP contribution in [0.5, 0.6) is 11.5 Å². The van der Waals surface area contributed by atoms with Crippen LogP contribution in [0.15, 0.2) is 71.8 Å². The number of hydrogen-bond acceptors (Lipinski definition) is 5. The first kappa shape index (κ1) is 23.6. The van der Waals surface area contributed by atoms with Gasteiger partial charge in [-0.05, 0) is 78.9 Å². The Morgan fingerprint density at radius 1 is 1.06 bits per heavy atom. The number of amides is 1. The Morgan fingerprint density at radius 3 is 2.55 bits per heavy atom. The zero-order chi connectivity index (χ0) is 23.5. The SMILES string of the molecule is COc1ccc(CCCC(=O)N/N=C/c2ccc(OCc3ccccc3C#N)cc2)c(C)c1. The summed E-state index contributed by atoms with van der Waals surface area (Å²) in [5.74, 6) is 1.42. The molecule has 0 heterocycles. The molecule has 0 aliphatic carbocycles. The van der Waals surface area contributed by atoms with Crippen LogP contribution in [0.3, 0.4) is 0 Å². The maximum atomic E-state index is 12.0. The third-order valence-corrected chi connectivity index (χ3v) is 5.21. The molecule has 6 heteroatoms. The largest absolute Gasteiger partial charge is 0.497 e. The number of hydrazone groups is 1. The minimum Gasteiger partial charge on any atom is -0.497 e. The molecule has 1 N–H and O–H groups in total. The van der Waals surface area contributed by atoms with Crippen molar-refractivity contribution < 1.29 is 14.3 Å². The number of rotatable bonds is 10. The van der Waals surface area contributed by atoms with E-state index < -0.39 is 0 Å². The van der Waals surface area contributed by atoms with Crippen molar-refractivity contribution in [2.24, 2.45) is 5.10 Å². The van der Waals surface area contributed by atoms with Crippen molar-refractivity contribution in [3.8, 4) is 17.6 Å². The second kappa shape index (κ2) is 12.1. The number of carbonyl (C=O) groups is 1. The molecule has 3 aromatic rings. The summed E-state index contributed by atoms with van der Waals surface area (Å²) >= 11 is 0. The molecule has 0 aliphatic heterocycles. The fourth-order valence-electron chi connectivity index (χ4n) is 3.32. The number of benzene rings is 3. The Labute approximate surface area is 194 Å². The smallest absolute Gasteiger partial charge is 0.240 e. The van der Waals surface area contributed by atoms with Crippen molar-refractivity contribution in [2.45, 2.75) is 32.8 Å². The van der Waals surface area contributed by atoms with Crippen molar-refractivity contribution in [1.29, 1.82) is 5.26 Å². The van der Waals surface area contributed by atoms with Crippen LogP contribution in [0.2, 0.25) is 0 Å². The topological polar surface area (TPSA) is 83.7 Å². The van der Waals surface area contributed by atoms with Crippen LogP contribution in [-0.2, 0) is 17.8 Å². The van der Waals surface area contributed by atoms with Crippen molar-refractivity contribution in [1.82, 2.24) is 5.43 Å². The third kappa shape index (κ3) is 7.22. The number of nitrogens with one attached hydrogen (secondary N) is 1. The van der Waals surface area contributed by atoms with E-state index >= 15 is 0 Å². The quantitative estimate of drug-likeness (QED) is 0.357. The lowest BCUT2D eigenvalue weighted by Crippen LogP contribution is -2.17. The van der Waals surface area contributed by atoms with E-state index in [1.807, 2.05) is 67.6 Å². The van der Waals surface area contributed by atoms with Crippen molar-refractivity contribution in [3.05, 3.63) is 94.5 Å². The van der Waals surface area contributed by atoms with Gasteiger partial charge in [0.15, 0.2) is 0 Å². The van der Waals surface area contributed by atoms with E-state index in [1.54, 1.807) is 19.4 Å². The van der Waals surface area contributed by atoms with Crippen LogP contribution in [0.4, 0.5) is 0 Å². The number of nitrogens with zero attached hydrogens (tertiary/aromatic N) is 2. The molecule has 168 valence electrons. The molecule has 0 spiro atoms. The molecule has 3 aromatic carbocycles. The summed E-state index contributed by atoms with van der Waals surface area (Å²) in [5.41, 5.74) is 7.24. The van der Waals surface area contributed by atoms with E-state index in [-0.39, 0.29) is 5.91 Å². The van der Waals surface area contributed by atoms with Gasteiger partial charge in [0.25, 0.3) is 0 Å². The highest BCUT2D eigenvalue weighted by Gasteiger charge is 2.04. The Bertz CT molecular complexity index is 1150. The van der Waals surface area contributed by atoms with Gasteiger partial charge in [0.2, 0.25) is 5.91 Å². The van der Waals surface area contributed by atoms with Crippen molar-refractivity contribution >= 4 is 12.1 Å². The molecule has 3 rings (SSSR count). The van der Waals surface area contributed by atoms with Gasteiger partial charge in [0, 0.05) is 12.0 Å². The van der Waals surface area contributed by atoms with Gasteiger partial charge in [-0.3, -0.25) is 4.79 Å². The highest BCUT2D eigenvalue weighted by molar-refractivity contribution is 5.82. The highest BCUT2D eigenvalue weighted by atomic mass is 16.5. The molecular weight excluding hydrogens is 414 g/mol. The summed E-state index contributed by atoms with van der Waals surface area (Å²) in [6, 6.07) is 22.9. The molecule has 0 bridgehead atoms.